The van der Waals surface area contributed by atoms with E-state index in [1.54, 1.807) is 6.20 Å². The summed E-state index contributed by atoms with van der Waals surface area (Å²) >= 11 is 0. The summed E-state index contributed by atoms with van der Waals surface area (Å²) in [4.78, 5) is 4.05. The smallest absolute Gasteiger partial charge is 0.0959 e. The van der Waals surface area contributed by atoms with Crippen molar-refractivity contribution in [2.24, 2.45) is 0 Å². The zero-order chi connectivity index (χ0) is 8.10. The van der Waals surface area contributed by atoms with Crippen molar-refractivity contribution in [3.63, 3.8) is 0 Å². The van der Waals surface area contributed by atoms with Crippen LogP contribution >= 0.6 is 0 Å². The molecule has 0 saturated heterocycles. The van der Waals surface area contributed by atoms with Crippen molar-refractivity contribution in [2.75, 3.05) is 0 Å². The molecule has 0 amide bonds. The summed E-state index contributed by atoms with van der Waals surface area (Å²) in [5.74, 6) is 0. The molecular formula is C9H13NO. The van der Waals surface area contributed by atoms with E-state index in [1.807, 2.05) is 25.1 Å². The highest BCUT2D eigenvalue weighted by atomic mass is 16.3. The first-order chi connectivity index (χ1) is 5.34. The Kier molecular flexibility index (Phi) is 3.05. The molecule has 0 bridgehead atoms. The summed E-state index contributed by atoms with van der Waals surface area (Å²) in [6.45, 7) is 2.05. The van der Waals surface area contributed by atoms with Crippen LogP contribution in [0.5, 0.6) is 0 Å². The molecule has 0 aromatic carbocycles. The highest BCUT2D eigenvalue weighted by molar-refractivity contribution is 5.06. The van der Waals surface area contributed by atoms with E-state index in [0.717, 1.165) is 18.5 Å². The summed E-state index contributed by atoms with van der Waals surface area (Å²) in [6.07, 6.45) is 3.09. The van der Waals surface area contributed by atoms with Gasteiger partial charge in [-0.25, -0.2) is 0 Å². The van der Waals surface area contributed by atoms with Crippen LogP contribution in [-0.4, -0.2) is 10.1 Å². The average molecular weight is 151 g/mol. The SMILES string of the molecule is CCCC(O)c1ccccn1. The molecule has 0 radical (unpaired) electrons. The molecule has 1 unspecified atom stereocenters. The van der Waals surface area contributed by atoms with Crippen molar-refractivity contribution < 1.29 is 5.11 Å². The van der Waals surface area contributed by atoms with Crippen LogP contribution in [0, 0.1) is 0 Å². The summed E-state index contributed by atoms with van der Waals surface area (Å²) in [7, 11) is 0. The Bertz CT molecular complexity index is 198. The molecule has 1 atom stereocenters. The van der Waals surface area contributed by atoms with Gasteiger partial charge in [0.15, 0.2) is 0 Å². The molecule has 0 saturated carbocycles. The van der Waals surface area contributed by atoms with Gasteiger partial charge in [-0.15, -0.1) is 0 Å². The Balaban J connectivity index is 2.61. The third-order valence-electron chi connectivity index (χ3n) is 1.59. The summed E-state index contributed by atoms with van der Waals surface area (Å²) in [6, 6.07) is 5.59. The lowest BCUT2D eigenvalue weighted by Gasteiger charge is -2.06. The van der Waals surface area contributed by atoms with Crippen molar-refractivity contribution in [2.45, 2.75) is 25.9 Å². The van der Waals surface area contributed by atoms with Crippen LogP contribution in [0.2, 0.25) is 0 Å². The van der Waals surface area contributed by atoms with Gasteiger partial charge in [0.25, 0.3) is 0 Å². The molecule has 1 aromatic heterocycles. The van der Waals surface area contributed by atoms with Gasteiger partial charge in [-0.1, -0.05) is 19.4 Å². The molecule has 1 rings (SSSR count). The molecule has 2 heteroatoms. The van der Waals surface area contributed by atoms with E-state index >= 15 is 0 Å². The number of rotatable bonds is 3. The standard InChI is InChI=1S/C9H13NO/c1-2-5-9(11)8-6-3-4-7-10-8/h3-4,6-7,9,11H,2,5H2,1H3. The highest BCUT2D eigenvalue weighted by Gasteiger charge is 2.05. The molecule has 11 heavy (non-hydrogen) atoms. The number of aliphatic hydroxyl groups is 1. The first-order valence-electron chi connectivity index (χ1n) is 3.93. The zero-order valence-electron chi connectivity index (χ0n) is 6.70. The molecule has 0 spiro atoms. The van der Waals surface area contributed by atoms with Gasteiger partial charge >= 0.3 is 0 Å². The van der Waals surface area contributed by atoms with Crippen molar-refractivity contribution >= 4 is 0 Å². The minimum absolute atomic E-state index is 0.388. The molecule has 0 fully saturated rings. The summed E-state index contributed by atoms with van der Waals surface area (Å²) < 4.78 is 0. The van der Waals surface area contributed by atoms with E-state index in [2.05, 4.69) is 4.98 Å². The predicted molar refractivity (Wildman–Crippen MR) is 44.1 cm³/mol. The van der Waals surface area contributed by atoms with Crippen LogP contribution in [0.4, 0.5) is 0 Å². The third-order valence-corrected chi connectivity index (χ3v) is 1.59. The predicted octanol–water partition coefficient (Wildman–Crippen LogP) is 1.92. The maximum atomic E-state index is 9.46. The lowest BCUT2D eigenvalue weighted by Crippen LogP contribution is -1.98. The van der Waals surface area contributed by atoms with E-state index in [4.69, 9.17) is 0 Å². The quantitative estimate of drug-likeness (QED) is 0.715. The Morgan fingerprint density at radius 2 is 2.36 bits per heavy atom. The monoisotopic (exact) mass is 151 g/mol. The number of aromatic nitrogens is 1. The van der Waals surface area contributed by atoms with Crippen LogP contribution in [0.3, 0.4) is 0 Å². The molecule has 0 aliphatic rings. The first-order valence-corrected chi connectivity index (χ1v) is 3.93. The summed E-state index contributed by atoms with van der Waals surface area (Å²) in [5, 5.41) is 9.46. The van der Waals surface area contributed by atoms with Crippen LogP contribution in [-0.2, 0) is 0 Å². The Morgan fingerprint density at radius 3 is 2.91 bits per heavy atom. The van der Waals surface area contributed by atoms with E-state index in [1.165, 1.54) is 0 Å². The molecule has 0 aliphatic carbocycles. The van der Waals surface area contributed by atoms with Gasteiger partial charge in [-0.2, -0.15) is 0 Å². The number of aliphatic hydroxyl groups excluding tert-OH is 1. The van der Waals surface area contributed by atoms with Crippen LogP contribution in [0.1, 0.15) is 31.6 Å². The molecule has 0 aliphatic heterocycles. The Labute approximate surface area is 66.9 Å². The maximum absolute atomic E-state index is 9.46. The Hall–Kier alpha value is -0.890. The van der Waals surface area contributed by atoms with Gasteiger partial charge in [0.05, 0.1) is 11.8 Å². The fourth-order valence-electron chi connectivity index (χ4n) is 0.994. The van der Waals surface area contributed by atoms with Crippen LogP contribution in [0.15, 0.2) is 24.4 Å². The largest absolute Gasteiger partial charge is 0.387 e. The van der Waals surface area contributed by atoms with E-state index in [0.29, 0.717) is 0 Å². The summed E-state index contributed by atoms with van der Waals surface area (Å²) in [5.41, 5.74) is 0.773. The number of hydrogen-bond donors (Lipinski definition) is 1. The second kappa shape index (κ2) is 4.09. The molecule has 1 N–H and O–H groups in total. The van der Waals surface area contributed by atoms with Crippen LogP contribution < -0.4 is 0 Å². The maximum Gasteiger partial charge on any atom is 0.0959 e. The van der Waals surface area contributed by atoms with Gasteiger partial charge in [-0.05, 0) is 18.6 Å². The van der Waals surface area contributed by atoms with Crippen molar-refractivity contribution in [3.8, 4) is 0 Å². The van der Waals surface area contributed by atoms with Gasteiger partial charge < -0.3 is 5.11 Å². The van der Waals surface area contributed by atoms with Gasteiger partial charge in [0.1, 0.15) is 0 Å². The lowest BCUT2D eigenvalue weighted by atomic mass is 10.1. The minimum atomic E-state index is -0.388. The third kappa shape index (κ3) is 2.31. The van der Waals surface area contributed by atoms with Crippen molar-refractivity contribution in [1.29, 1.82) is 0 Å². The lowest BCUT2D eigenvalue weighted by molar-refractivity contribution is 0.162. The first kappa shape index (κ1) is 8.21. The molecule has 60 valence electrons. The average Bonchev–Trinajstić information content (AvgIpc) is 2.07. The van der Waals surface area contributed by atoms with Crippen molar-refractivity contribution in [1.82, 2.24) is 4.98 Å². The van der Waals surface area contributed by atoms with Crippen LogP contribution in [0.25, 0.3) is 0 Å². The zero-order valence-corrected chi connectivity index (χ0v) is 6.70. The second-order valence-corrected chi connectivity index (χ2v) is 2.56. The Morgan fingerprint density at radius 1 is 1.55 bits per heavy atom. The fraction of sp³-hybridized carbons (Fsp3) is 0.444. The second-order valence-electron chi connectivity index (χ2n) is 2.56. The number of pyridine rings is 1. The van der Waals surface area contributed by atoms with E-state index in [-0.39, 0.29) is 6.10 Å². The van der Waals surface area contributed by atoms with E-state index < -0.39 is 0 Å². The van der Waals surface area contributed by atoms with E-state index in [9.17, 15) is 5.11 Å². The van der Waals surface area contributed by atoms with Crippen molar-refractivity contribution in [3.05, 3.63) is 30.1 Å². The van der Waals surface area contributed by atoms with Gasteiger partial charge in [-0.3, -0.25) is 4.98 Å². The molecule has 2 nitrogen and oxygen atoms in total. The minimum Gasteiger partial charge on any atom is -0.387 e. The van der Waals surface area contributed by atoms with Gasteiger partial charge in [0.2, 0.25) is 0 Å². The van der Waals surface area contributed by atoms with Gasteiger partial charge in [0, 0.05) is 6.20 Å². The highest BCUT2D eigenvalue weighted by Crippen LogP contribution is 2.14. The normalized spacial score (nSPS) is 12.9. The topological polar surface area (TPSA) is 33.1 Å². The number of nitrogens with zero attached hydrogens (tertiary/aromatic N) is 1. The fourth-order valence-corrected chi connectivity index (χ4v) is 0.994. The molecule has 1 aromatic rings. The molecular weight excluding hydrogens is 138 g/mol. The number of hydrogen-bond acceptors (Lipinski definition) is 2. The molecule has 1 heterocycles.